The Morgan fingerprint density at radius 3 is 2.00 bits per heavy atom. The van der Waals surface area contributed by atoms with Gasteiger partial charge in [-0.05, 0) is 68.0 Å². The molecule has 0 bridgehead atoms. The average Bonchev–Trinajstić information content (AvgIpc) is 2.32. The van der Waals surface area contributed by atoms with Gasteiger partial charge in [0, 0.05) is 0 Å². The first kappa shape index (κ1) is 13.3. The fourth-order valence-electron chi connectivity index (χ4n) is 2.49. The Hall–Kier alpha value is -1.80. The van der Waals surface area contributed by atoms with Crippen molar-refractivity contribution in [3.05, 3.63) is 33.4 Å². The number of hydrogen-bond donors (Lipinski definition) is 0. The van der Waals surface area contributed by atoms with Crippen LogP contribution in [-0.2, 0) is 6.42 Å². The zero-order valence-corrected chi connectivity index (χ0v) is 11.2. The van der Waals surface area contributed by atoms with E-state index in [-0.39, 0.29) is 5.92 Å². The van der Waals surface area contributed by atoms with E-state index in [1.807, 2.05) is 13.8 Å². The molecule has 0 spiro atoms. The van der Waals surface area contributed by atoms with E-state index in [9.17, 15) is 0 Å². The maximum absolute atomic E-state index is 9.10. The Balaban J connectivity index is 3.64. The van der Waals surface area contributed by atoms with Crippen molar-refractivity contribution in [2.45, 2.75) is 47.0 Å². The van der Waals surface area contributed by atoms with Gasteiger partial charge in [-0.1, -0.05) is 0 Å². The summed E-state index contributed by atoms with van der Waals surface area (Å²) in [4.78, 5) is 0. The van der Waals surface area contributed by atoms with Crippen molar-refractivity contribution in [3.63, 3.8) is 0 Å². The van der Waals surface area contributed by atoms with E-state index in [2.05, 4.69) is 32.9 Å². The topological polar surface area (TPSA) is 47.6 Å². The van der Waals surface area contributed by atoms with Crippen LogP contribution in [0.5, 0.6) is 0 Å². The third-order valence-corrected chi connectivity index (χ3v) is 3.72. The highest BCUT2D eigenvalue weighted by atomic mass is 14.3. The molecule has 0 N–H and O–H groups in total. The maximum Gasteiger partial charge on any atom is 0.0701 e. The van der Waals surface area contributed by atoms with Crippen LogP contribution < -0.4 is 0 Å². The van der Waals surface area contributed by atoms with Gasteiger partial charge in [0.2, 0.25) is 0 Å². The normalized spacial score (nSPS) is 11.7. The third-order valence-electron chi connectivity index (χ3n) is 3.72. The molecule has 1 aromatic carbocycles. The van der Waals surface area contributed by atoms with E-state index in [1.54, 1.807) is 0 Å². The molecule has 0 aliphatic rings. The highest BCUT2D eigenvalue weighted by Crippen LogP contribution is 2.31. The van der Waals surface area contributed by atoms with Crippen LogP contribution in [0.1, 0.15) is 46.2 Å². The summed E-state index contributed by atoms with van der Waals surface area (Å²) in [5.74, 6) is -0.119. The second-order valence-electron chi connectivity index (χ2n) is 4.58. The van der Waals surface area contributed by atoms with Gasteiger partial charge in [-0.15, -0.1) is 0 Å². The van der Waals surface area contributed by atoms with E-state index in [1.165, 1.54) is 16.7 Å². The van der Waals surface area contributed by atoms with Crippen molar-refractivity contribution in [3.8, 4) is 12.1 Å². The van der Waals surface area contributed by atoms with Gasteiger partial charge in [0.1, 0.15) is 0 Å². The summed E-state index contributed by atoms with van der Waals surface area (Å²) in [6.45, 7) is 10.1. The van der Waals surface area contributed by atoms with Gasteiger partial charge in [-0.25, -0.2) is 0 Å². The Bertz CT molecular complexity index is 528. The molecule has 17 heavy (non-hydrogen) atoms. The van der Waals surface area contributed by atoms with Crippen molar-refractivity contribution in [1.82, 2.24) is 0 Å². The molecule has 0 saturated carbocycles. The summed E-state index contributed by atoms with van der Waals surface area (Å²) in [5, 5.41) is 18.0. The van der Waals surface area contributed by atoms with Gasteiger partial charge in [0.15, 0.2) is 0 Å². The van der Waals surface area contributed by atoms with Crippen LogP contribution in [-0.4, -0.2) is 0 Å². The third kappa shape index (κ3) is 2.17. The molecule has 2 heteroatoms. The van der Waals surface area contributed by atoms with Gasteiger partial charge < -0.3 is 0 Å². The van der Waals surface area contributed by atoms with E-state index in [0.29, 0.717) is 6.42 Å². The van der Waals surface area contributed by atoms with E-state index in [0.717, 1.165) is 16.7 Å². The average molecular weight is 226 g/mol. The number of nitriles is 2. The molecule has 0 aromatic heterocycles. The van der Waals surface area contributed by atoms with E-state index >= 15 is 0 Å². The summed E-state index contributed by atoms with van der Waals surface area (Å²) < 4.78 is 0. The summed E-state index contributed by atoms with van der Waals surface area (Å²) in [6, 6.07) is 4.51. The zero-order chi connectivity index (χ0) is 13.2. The molecule has 88 valence electrons. The van der Waals surface area contributed by atoms with Crippen molar-refractivity contribution in [2.75, 3.05) is 0 Å². The van der Waals surface area contributed by atoms with Crippen LogP contribution in [0.15, 0.2) is 0 Å². The Labute approximate surface area is 104 Å². The lowest BCUT2D eigenvalue weighted by Gasteiger charge is -2.20. The van der Waals surface area contributed by atoms with Crippen LogP contribution in [0.2, 0.25) is 0 Å². The fourth-order valence-corrected chi connectivity index (χ4v) is 2.49. The number of benzene rings is 1. The predicted octanol–water partition coefficient (Wildman–Crippen LogP) is 3.61. The highest BCUT2D eigenvalue weighted by Gasteiger charge is 2.18. The maximum atomic E-state index is 9.10. The quantitative estimate of drug-likeness (QED) is 0.773. The molecular formula is C15H18N2. The molecule has 0 amide bonds. The summed E-state index contributed by atoms with van der Waals surface area (Å²) in [6.07, 6.45) is 0.421. The van der Waals surface area contributed by atoms with E-state index in [4.69, 9.17) is 10.5 Å². The first-order valence-corrected chi connectivity index (χ1v) is 5.81. The van der Waals surface area contributed by atoms with Crippen molar-refractivity contribution < 1.29 is 0 Å². The second-order valence-corrected chi connectivity index (χ2v) is 4.58. The smallest absolute Gasteiger partial charge is 0.0701 e. The monoisotopic (exact) mass is 226 g/mol. The van der Waals surface area contributed by atoms with Gasteiger partial charge in [0.25, 0.3) is 0 Å². The second kappa shape index (κ2) is 5.02. The molecule has 0 unspecified atom stereocenters. The molecule has 0 aliphatic carbocycles. The van der Waals surface area contributed by atoms with Gasteiger partial charge in [0.05, 0.1) is 24.5 Å². The summed E-state index contributed by atoms with van der Waals surface area (Å²) >= 11 is 0. The minimum atomic E-state index is -0.119. The van der Waals surface area contributed by atoms with Crippen molar-refractivity contribution >= 4 is 0 Å². The number of hydrogen-bond acceptors (Lipinski definition) is 2. The number of rotatable bonds is 2. The SMILES string of the molecule is Cc1c(C)c(CC#N)c(C)c([C@@H](C)C#N)c1C. The Morgan fingerprint density at radius 2 is 1.53 bits per heavy atom. The zero-order valence-electron chi connectivity index (χ0n) is 11.2. The van der Waals surface area contributed by atoms with Crippen LogP contribution in [0.3, 0.4) is 0 Å². The lowest BCUT2D eigenvalue weighted by Crippen LogP contribution is -2.07. The molecule has 0 radical (unpaired) electrons. The number of nitrogens with zero attached hydrogens (tertiary/aromatic N) is 2. The summed E-state index contributed by atoms with van der Waals surface area (Å²) in [5.41, 5.74) is 6.89. The van der Waals surface area contributed by atoms with Gasteiger partial charge in [-0.2, -0.15) is 10.5 Å². The molecule has 0 aliphatic heterocycles. The largest absolute Gasteiger partial charge is 0.198 e. The van der Waals surface area contributed by atoms with Crippen molar-refractivity contribution in [1.29, 1.82) is 10.5 Å². The predicted molar refractivity (Wildman–Crippen MR) is 68.7 cm³/mol. The molecule has 1 rings (SSSR count). The molecule has 0 saturated heterocycles. The lowest BCUT2D eigenvalue weighted by atomic mass is 9.83. The lowest BCUT2D eigenvalue weighted by molar-refractivity contribution is 0.927. The Kier molecular flexibility index (Phi) is 3.92. The Morgan fingerprint density at radius 1 is 0.941 bits per heavy atom. The fraction of sp³-hybridized carbons (Fsp3) is 0.467. The molecule has 2 nitrogen and oxygen atoms in total. The molecule has 0 heterocycles. The highest BCUT2D eigenvalue weighted by molar-refractivity contribution is 5.53. The van der Waals surface area contributed by atoms with Crippen LogP contribution >= 0.6 is 0 Å². The standard InChI is InChI=1S/C15H18N2/c1-9(8-17)15-12(4)10(2)11(3)14(6-7-16)13(15)5/h9H,6H2,1-5H3/t9-/m0/s1. The molecule has 0 fully saturated rings. The van der Waals surface area contributed by atoms with Crippen molar-refractivity contribution in [2.24, 2.45) is 0 Å². The molecule has 1 aromatic rings. The van der Waals surface area contributed by atoms with Crippen LogP contribution in [0.4, 0.5) is 0 Å². The van der Waals surface area contributed by atoms with Crippen LogP contribution in [0, 0.1) is 50.4 Å². The van der Waals surface area contributed by atoms with Gasteiger partial charge in [-0.3, -0.25) is 0 Å². The first-order chi connectivity index (χ1) is 7.95. The van der Waals surface area contributed by atoms with E-state index < -0.39 is 0 Å². The van der Waals surface area contributed by atoms with Crippen LogP contribution in [0.25, 0.3) is 0 Å². The minimum Gasteiger partial charge on any atom is -0.198 e. The molecular weight excluding hydrogens is 208 g/mol. The summed E-state index contributed by atoms with van der Waals surface area (Å²) in [7, 11) is 0. The van der Waals surface area contributed by atoms with Gasteiger partial charge >= 0.3 is 0 Å². The minimum absolute atomic E-state index is 0.119. The first-order valence-electron chi connectivity index (χ1n) is 5.81. The molecule has 1 atom stereocenters.